The molecule has 3 N–H and O–H groups in total. The van der Waals surface area contributed by atoms with Gasteiger partial charge in [0.2, 0.25) is 0 Å². The fourth-order valence-corrected chi connectivity index (χ4v) is 4.27. The van der Waals surface area contributed by atoms with Crippen molar-refractivity contribution < 1.29 is 15.3 Å². The van der Waals surface area contributed by atoms with Gasteiger partial charge in [-0.2, -0.15) is 0 Å². The Morgan fingerprint density at radius 3 is 2.28 bits per heavy atom. The summed E-state index contributed by atoms with van der Waals surface area (Å²) in [5, 5.41) is 31.2. The molecule has 2 fully saturated rings. The Kier molecular flexibility index (Phi) is 3.33. The van der Waals surface area contributed by atoms with Crippen LogP contribution in [0.4, 0.5) is 0 Å². The van der Waals surface area contributed by atoms with Crippen molar-refractivity contribution in [2.75, 3.05) is 0 Å². The SMILES string of the molecule is CC(C)(O)[C@H]1CC[C@@]2(C)[C@@H](O)CC[C@](C)(O)[C@H]2C1. The van der Waals surface area contributed by atoms with Crippen LogP contribution >= 0.6 is 0 Å². The molecular weight excluding hydrogens is 228 g/mol. The molecule has 0 aromatic rings. The molecule has 0 heterocycles. The molecule has 0 aromatic heterocycles. The Bertz CT molecular complexity index is 318. The van der Waals surface area contributed by atoms with Gasteiger partial charge in [0.1, 0.15) is 0 Å². The summed E-state index contributed by atoms with van der Waals surface area (Å²) in [6, 6.07) is 0. The summed E-state index contributed by atoms with van der Waals surface area (Å²) in [5.74, 6) is 0.297. The Morgan fingerprint density at radius 1 is 1.11 bits per heavy atom. The smallest absolute Gasteiger partial charge is 0.0655 e. The summed E-state index contributed by atoms with van der Waals surface area (Å²) in [4.78, 5) is 0. The van der Waals surface area contributed by atoms with Gasteiger partial charge in [0, 0.05) is 0 Å². The number of rotatable bonds is 1. The van der Waals surface area contributed by atoms with E-state index in [1.54, 1.807) is 0 Å². The molecule has 3 heteroatoms. The zero-order valence-electron chi connectivity index (χ0n) is 12.1. The zero-order chi connectivity index (χ0) is 13.8. The fourth-order valence-electron chi connectivity index (χ4n) is 4.27. The summed E-state index contributed by atoms with van der Waals surface area (Å²) in [6.45, 7) is 7.72. The van der Waals surface area contributed by atoms with E-state index >= 15 is 0 Å². The normalized spacial score (nSPS) is 49.8. The molecule has 2 aliphatic rings. The van der Waals surface area contributed by atoms with Crippen molar-refractivity contribution >= 4 is 0 Å². The third kappa shape index (κ3) is 2.21. The summed E-state index contributed by atoms with van der Waals surface area (Å²) in [5.41, 5.74) is -1.60. The highest BCUT2D eigenvalue weighted by atomic mass is 16.3. The Balaban J connectivity index is 2.26. The van der Waals surface area contributed by atoms with Gasteiger partial charge in [-0.25, -0.2) is 0 Å². The van der Waals surface area contributed by atoms with E-state index in [0.717, 1.165) is 19.3 Å². The summed E-state index contributed by atoms with van der Waals surface area (Å²) >= 11 is 0. The van der Waals surface area contributed by atoms with Gasteiger partial charge in [0.15, 0.2) is 0 Å². The minimum Gasteiger partial charge on any atom is -0.393 e. The van der Waals surface area contributed by atoms with E-state index in [2.05, 4.69) is 6.92 Å². The van der Waals surface area contributed by atoms with Gasteiger partial charge in [0.25, 0.3) is 0 Å². The average Bonchev–Trinajstić information content (AvgIpc) is 2.23. The van der Waals surface area contributed by atoms with Crippen LogP contribution in [0.15, 0.2) is 0 Å². The highest BCUT2D eigenvalue weighted by molar-refractivity contribution is 5.06. The Hall–Kier alpha value is -0.120. The lowest BCUT2D eigenvalue weighted by molar-refractivity contribution is -0.186. The highest BCUT2D eigenvalue weighted by Crippen LogP contribution is 2.56. The first-order chi connectivity index (χ1) is 8.07. The third-order valence-corrected chi connectivity index (χ3v) is 5.78. The first kappa shape index (κ1) is 14.3. The molecule has 0 spiro atoms. The fraction of sp³-hybridized carbons (Fsp3) is 1.00. The van der Waals surface area contributed by atoms with Crippen molar-refractivity contribution in [2.24, 2.45) is 17.3 Å². The van der Waals surface area contributed by atoms with Gasteiger partial charge in [0.05, 0.1) is 17.3 Å². The quantitative estimate of drug-likeness (QED) is 0.673. The summed E-state index contributed by atoms with van der Waals surface area (Å²) in [7, 11) is 0. The third-order valence-electron chi connectivity index (χ3n) is 5.78. The highest BCUT2D eigenvalue weighted by Gasteiger charge is 2.56. The number of aliphatic hydroxyl groups excluding tert-OH is 1. The van der Waals surface area contributed by atoms with Crippen molar-refractivity contribution in [1.29, 1.82) is 0 Å². The average molecular weight is 256 g/mol. The van der Waals surface area contributed by atoms with Crippen LogP contribution in [0.5, 0.6) is 0 Å². The van der Waals surface area contributed by atoms with Gasteiger partial charge in [-0.05, 0) is 70.1 Å². The summed E-state index contributed by atoms with van der Waals surface area (Å²) < 4.78 is 0. The minimum atomic E-state index is -0.710. The lowest BCUT2D eigenvalue weighted by atomic mass is 9.51. The topological polar surface area (TPSA) is 60.7 Å². The predicted octanol–water partition coefficient (Wildman–Crippen LogP) is 2.09. The zero-order valence-corrected chi connectivity index (χ0v) is 12.1. The van der Waals surface area contributed by atoms with E-state index in [1.807, 2.05) is 20.8 Å². The van der Waals surface area contributed by atoms with Crippen LogP contribution in [-0.4, -0.2) is 32.6 Å². The number of aliphatic hydroxyl groups is 3. The van der Waals surface area contributed by atoms with Crippen molar-refractivity contribution in [2.45, 2.75) is 77.1 Å². The van der Waals surface area contributed by atoms with E-state index in [-0.39, 0.29) is 23.4 Å². The van der Waals surface area contributed by atoms with Gasteiger partial charge < -0.3 is 15.3 Å². The molecule has 106 valence electrons. The van der Waals surface area contributed by atoms with Crippen LogP contribution in [0.1, 0.15) is 59.8 Å². The maximum atomic E-state index is 10.6. The van der Waals surface area contributed by atoms with Crippen molar-refractivity contribution in [1.82, 2.24) is 0 Å². The number of fused-ring (bicyclic) bond motifs is 1. The van der Waals surface area contributed by atoms with Crippen LogP contribution < -0.4 is 0 Å². The lowest BCUT2D eigenvalue weighted by Gasteiger charge is -2.57. The standard InChI is InChI=1S/C15H28O3/c1-13(2,17)10-5-7-14(3)11(9-10)15(4,18)8-6-12(14)16/h10-12,16-18H,5-9H2,1-4H3/t10-,11-,12-,14+,15-/m0/s1. The minimum absolute atomic E-state index is 0.0823. The maximum absolute atomic E-state index is 10.6. The van der Waals surface area contributed by atoms with Crippen LogP contribution in [0.3, 0.4) is 0 Å². The molecule has 2 rings (SSSR count). The second kappa shape index (κ2) is 4.19. The van der Waals surface area contributed by atoms with E-state index < -0.39 is 11.2 Å². The van der Waals surface area contributed by atoms with Crippen LogP contribution in [0.25, 0.3) is 0 Å². The molecule has 0 aliphatic heterocycles. The molecule has 18 heavy (non-hydrogen) atoms. The molecule has 0 unspecified atom stereocenters. The Labute approximate surface area is 110 Å². The largest absolute Gasteiger partial charge is 0.393 e. The molecule has 5 atom stereocenters. The lowest BCUT2D eigenvalue weighted by Crippen LogP contribution is -2.58. The monoisotopic (exact) mass is 256 g/mol. The van der Waals surface area contributed by atoms with Crippen LogP contribution in [-0.2, 0) is 0 Å². The molecule has 0 saturated heterocycles. The molecule has 3 nitrogen and oxygen atoms in total. The second-order valence-corrected chi connectivity index (χ2v) is 7.60. The van der Waals surface area contributed by atoms with Gasteiger partial charge in [-0.15, -0.1) is 0 Å². The number of hydrogen-bond donors (Lipinski definition) is 3. The summed E-state index contributed by atoms with van der Waals surface area (Å²) in [6.07, 6.45) is 3.67. The van der Waals surface area contributed by atoms with Crippen LogP contribution in [0.2, 0.25) is 0 Å². The molecule has 0 radical (unpaired) electrons. The first-order valence-electron chi connectivity index (χ1n) is 7.20. The molecule has 0 aromatic carbocycles. The van der Waals surface area contributed by atoms with Crippen molar-refractivity contribution in [3.63, 3.8) is 0 Å². The van der Waals surface area contributed by atoms with Gasteiger partial charge in [-0.1, -0.05) is 6.92 Å². The first-order valence-corrected chi connectivity index (χ1v) is 7.20. The van der Waals surface area contributed by atoms with E-state index in [9.17, 15) is 15.3 Å². The van der Waals surface area contributed by atoms with Gasteiger partial charge in [-0.3, -0.25) is 0 Å². The van der Waals surface area contributed by atoms with E-state index in [4.69, 9.17) is 0 Å². The van der Waals surface area contributed by atoms with Crippen molar-refractivity contribution in [3.8, 4) is 0 Å². The second-order valence-electron chi connectivity index (χ2n) is 7.60. The predicted molar refractivity (Wildman–Crippen MR) is 71.1 cm³/mol. The molecular formula is C15H28O3. The van der Waals surface area contributed by atoms with Crippen LogP contribution in [0, 0.1) is 17.3 Å². The van der Waals surface area contributed by atoms with Gasteiger partial charge >= 0.3 is 0 Å². The van der Waals surface area contributed by atoms with E-state index in [1.165, 1.54) is 0 Å². The molecule has 2 saturated carbocycles. The Morgan fingerprint density at radius 2 is 1.72 bits per heavy atom. The molecule has 0 bridgehead atoms. The van der Waals surface area contributed by atoms with Crippen molar-refractivity contribution in [3.05, 3.63) is 0 Å². The molecule has 2 aliphatic carbocycles. The maximum Gasteiger partial charge on any atom is 0.0655 e. The molecule has 0 amide bonds. The number of hydrogen-bond acceptors (Lipinski definition) is 3. The van der Waals surface area contributed by atoms with E-state index in [0.29, 0.717) is 12.8 Å².